The lowest BCUT2D eigenvalue weighted by Crippen LogP contribution is -2.38. The average molecular weight is 330 g/mol. The molecule has 0 bridgehead atoms. The number of nitrogens with zero attached hydrogens (tertiary/aromatic N) is 2. The number of aromatic nitrogens is 1. The van der Waals surface area contributed by atoms with Crippen molar-refractivity contribution in [2.75, 3.05) is 18.6 Å². The van der Waals surface area contributed by atoms with E-state index in [9.17, 15) is 13.2 Å². The predicted octanol–water partition coefficient (Wildman–Crippen LogP) is 2.01. The van der Waals surface area contributed by atoms with E-state index in [2.05, 4.69) is 4.98 Å². The van der Waals surface area contributed by atoms with Crippen LogP contribution in [0.1, 0.15) is 16.9 Å². The van der Waals surface area contributed by atoms with Gasteiger partial charge in [-0.2, -0.15) is 0 Å². The van der Waals surface area contributed by atoms with E-state index in [4.69, 9.17) is 0 Å². The zero-order chi connectivity index (χ0) is 16.4. The van der Waals surface area contributed by atoms with Gasteiger partial charge >= 0.3 is 0 Å². The maximum Gasteiger partial charge on any atom is 0.272 e. The summed E-state index contributed by atoms with van der Waals surface area (Å²) in [5.74, 6) is -0.0563. The zero-order valence-electron chi connectivity index (χ0n) is 12.8. The summed E-state index contributed by atoms with van der Waals surface area (Å²) in [6.07, 6.45) is 2.16. The molecule has 1 saturated heterocycles. The number of rotatable bonds is 3. The minimum absolute atomic E-state index is 0.0390. The first-order chi connectivity index (χ1) is 11.0. The van der Waals surface area contributed by atoms with Crippen LogP contribution >= 0.6 is 0 Å². The second kappa shape index (κ2) is 6.12. The van der Waals surface area contributed by atoms with Gasteiger partial charge in [-0.05, 0) is 18.1 Å². The number of hydrogen-bond donors (Lipinski definition) is 0. The first-order valence-electron chi connectivity index (χ1n) is 7.45. The van der Waals surface area contributed by atoms with Crippen molar-refractivity contribution in [3.05, 3.63) is 54.4 Å². The molecule has 6 heteroatoms. The largest absolute Gasteiger partial charge is 0.336 e. The monoisotopic (exact) mass is 330 g/mol. The van der Waals surface area contributed by atoms with Gasteiger partial charge in [-0.3, -0.25) is 9.78 Å². The quantitative estimate of drug-likeness (QED) is 0.863. The van der Waals surface area contributed by atoms with Crippen LogP contribution in [0.3, 0.4) is 0 Å². The third-order valence-corrected chi connectivity index (χ3v) is 5.92. The normalized spacial score (nSPS) is 19.4. The summed E-state index contributed by atoms with van der Waals surface area (Å²) in [4.78, 5) is 18.2. The van der Waals surface area contributed by atoms with Crippen molar-refractivity contribution < 1.29 is 13.2 Å². The molecule has 2 heterocycles. The highest BCUT2D eigenvalue weighted by molar-refractivity contribution is 7.91. The molecule has 0 saturated carbocycles. The molecule has 0 aliphatic carbocycles. The first kappa shape index (κ1) is 15.7. The molecular formula is C17H18N2O3S. The molecule has 1 unspecified atom stereocenters. The van der Waals surface area contributed by atoms with Crippen molar-refractivity contribution in [1.82, 2.24) is 9.88 Å². The van der Waals surface area contributed by atoms with Crippen LogP contribution < -0.4 is 0 Å². The summed E-state index contributed by atoms with van der Waals surface area (Å²) in [6.45, 7) is 0. The SMILES string of the molecule is CN(C(=O)c1ccc(-c2ccccc2)cn1)C1CCS(=O)(=O)C1. The number of amides is 1. The van der Waals surface area contributed by atoms with E-state index in [1.54, 1.807) is 19.3 Å². The molecule has 1 amide bonds. The number of hydrogen-bond acceptors (Lipinski definition) is 4. The molecule has 1 aromatic heterocycles. The van der Waals surface area contributed by atoms with Gasteiger partial charge in [-0.15, -0.1) is 0 Å². The third-order valence-electron chi connectivity index (χ3n) is 4.17. The van der Waals surface area contributed by atoms with Gasteiger partial charge in [0.05, 0.1) is 11.5 Å². The van der Waals surface area contributed by atoms with Crippen LogP contribution in [0.25, 0.3) is 11.1 Å². The van der Waals surface area contributed by atoms with Crippen LogP contribution in [-0.4, -0.2) is 48.8 Å². The summed E-state index contributed by atoms with van der Waals surface area (Å²) in [7, 11) is -1.37. The van der Waals surface area contributed by atoms with Crippen LogP contribution in [0, 0.1) is 0 Å². The maximum absolute atomic E-state index is 12.5. The van der Waals surface area contributed by atoms with Gasteiger partial charge in [-0.25, -0.2) is 8.42 Å². The molecule has 1 aromatic carbocycles. The fourth-order valence-corrected chi connectivity index (χ4v) is 4.52. The van der Waals surface area contributed by atoms with Gasteiger partial charge in [0.25, 0.3) is 5.91 Å². The summed E-state index contributed by atoms with van der Waals surface area (Å²) in [6, 6.07) is 13.1. The Morgan fingerprint density at radius 3 is 2.43 bits per heavy atom. The lowest BCUT2D eigenvalue weighted by Gasteiger charge is -2.23. The Bertz CT molecular complexity index is 801. The Balaban J connectivity index is 1.75. The Kier molecular flexibility index (Phi) is 4.17. The van der Waals surface area contributed by atoms with E-state index < -0.39 is 9.84 Å². The Hall–Kier alpha value is -2.21. The number of sulfone groups is 1. The minimum Gasteiger partial charge on any atom is -0.336 e. The van der Waals surface area contributed by atoms with Gasteiger partial charge in [0.2, 0.25) is 0 Å². The molecule has 120 valence electrons. The van der Waals surface area contributed by atoms with E-state index in [-0.39, 0.29) is 23.5 Å². The zero-order valence-corrected chi connectivity index (χ0v) is 13.7. The van der Waals surface area contributed by atoms with Crippen molar-refractivity contribution in [2.45, 2.75) is 12.5 Å². The molecule has 0 radical (unpaired) electrons. The van der Waals surface area contributed by atoms with Crippen LogP contribution in [0.15, 0.2) is 48.7 Å². The highest BCUT2D eigenvalue weighted by Crippen LogP contribution is 2.20. The Morgan fingerprint density at radius 1 is 1.13 bits per heavy atom. The van der Waals surface area contributed by atoms with Crippen LogP contribution in [-0.2, 0) is 9.84 Å². The van der Waals surface area contributed by atoms with Crippen LogP contribution in [0.4, 0.5) is 0 Å². The molecule has 0 N–H and O–H groups in total. The predicted molar refractivity (Wildman–Crippen MR) is 88.8 cm³/mol. The van der Waals surface area contributed by atoms with Crippen molar-refractivity contribution in [2.24, 2.45) is 0 Å². The summed E-state index contributed by atoms with van der Waals surface area (Å²) < 4.78 is 23.1. The molecule has 0 spiro atoms. The number of carbonyl (C=O) groups excluding carboxylic acids is 1. The van der Waals surface area contributed by atoms with Gasteiger partial charge in [0.15, 0.2) is 9.84 Å². The molecule has 5 nitrogen and oxygen atoms in total. The summed E-state index contributed by atoms with van der Waals surface area (Å²) >= 11 is 0. The smallest absolute Gasteiger partial charge is 0.272 e. The topological polar surface area (TPSA) is 67.3 Å². The molecule has 3 rings (SSSR count). The van der Waals surface area contributed by atoms with Crippen LogP contribution in [0.2, 0.25) is 0 Å². The van der Waals surface area contributed by atoms with E-state index in [0.717, 1.165) is 11.1 Å². The number of pyridine rings is 1. The minimum atomic E-state index is -3.01. The number of carbonyl (C=O) groups is 1. The van der Waals surface area contributed by atoms with E-state index in [1.807, 2.05) is 36.4 Å². The molecule has 23 heavy (non-hydrogen) atoms. The van der Waals surface area contributed by atoms with Gasteiger partial charge in [0.1, 0.15) is 5.69 Å². The van der Waals surface area contributed by atoms with Crippen molar-refractivity contribution in [1.29, 1.82) is 0 Å². The molecule has 1 aliphatic rings. The summed E-state index contributed by atoms with van der Waals surface area (Å²) in [5.41, 5.74) is 2.30. The fraction of sp³-hybridized carbons (Fsp3) is 0.294. The maximum atomic E-state index is 12.5. The molecule has 1 fully saturated rings. The van der Waals surface area contributed by atoms with Crippen molar-refractivity contribution in [3.8, 4) is 11.1 Å². The van der Waals surface area contributed by atoms with Gasteiger partial charge in [-0.1, -0.05) is 36.4 Å². The van der Waals surface area contributed by atoms with Gasteiger partial charge in [0, 0.05) is 24.8 Å². The highest BCUT2D eigenvalue weighted by atomic mass is 32.2. The average Bonchev–Trinajstić information content (AvgIpc) is 2.94. The molecule has 1 aliphatic heterocycles. The van der Waals surface area contributed by atoms with Gasteiger partial charge < -0.3 is 4.90 Å². The van der Waals surface area contributed by atoms with E-state index in [1.165, 1.54) is 4.90 Å². The van der Waals surface area contributed by atoms with Crippen molar-refractivity contribution >= 4 is 15.7 Å². The molecular weight excluding hydrogens is 312 g/mol. The Labute approximate surface area is 135 Å². The first-order valence-corrected chi connectivity index (χ1v) is 9.27. The van der Waals surface area contributed by atoms with E-state index >= 15 is 0 Å². The second-order valence-electron chi connectivity index (χ2n) is 5.77. The molecule has 1 atom stereocenters. The van der Waals surface area contributed by atoms with Crippen LogP contribution in [0.5, 0.6) is 0 Å². The molecule has 2 aromatic rings. The third kappa shape index (κ3) is 3.42. The second-order valence-corrected chi connectivity index (χ2v) is 8.00. The highest BCUT2D eigenvalue weighted by Gasteiger charge is 2.33. The van der Waals surface area contributed by atoms with Crippen molar-refractivity contribution in [3.63, 3.8) is 0 Å². The van der Waals surface area contributed by atoms with E-state index in [0.29, 0.717) is 12.1 Å². The lowest BCUT2D eigenvalue weighted by molar-refractivity contribution is 0.0742. The lowest BCUT2D eigenvalue weighted by atomic mass is 10.1. The standard InChI is InChI=1S/C17H18N2O3S/c1-19(15-9-10-23(21,22)12-15)17(20)16-8-7-14(11-18-16)13-5-3-2-4-6-13/h2-8,11,15H,9-10,12H2,1H3. The number of benzene rings is 1. The summed E-state index contributed by atoms with van der Waals surface area (Å²) in [5, 5.41) is 0. The Morgan fingerprint density at radius 2 is 1.87 bits per heavy atom. The fourth-order valence-electron chi connectivity index (χ4n) is 2.75.